The molecule has 0 unspecified atom stereocenters. The van der Waals surface area contributed by atoms with Gasteiger partial charge in [0.2, 0.25) is 0 Å². The molecule has 2 heterocycles. The molecular formula is C41H64N8O. The number of nitrogens with zero attached hydrogens (tertiary/aromatic N) is 3. The van der Waals surface area contributed by atoms with Gasteiger partial charge in [-0.05, 0) is 104 Å². The van der Waals surface area contributed by atoms with Crippen LogP contribution in [0.25, 0.3) is 16.7 Å². The van der Waals surface area contributed by atoms with Crippen LogP contribution in [0.1, 0.15) is 122 Å². The van der Waals surface area contributed by atoms with Crippen LogP contribution in [0.3, 0.4) is 0 Å². The van der Waals surface area contributed by atoms with Gasteiger partial charge in [0.15, 0.2) is 5.96 Å². The van der Waals surface area contributed by atoms with Crippen LogP contribution >= 0.6 is 0 Å². The van der Waals surface area contributed by atoms with E-state index in [1.807, 2.05) is 30.5 Å². The molecule has 4 rings (SSSR count). The lowest BCUT2D eigenvalue weighted by atomic mass is 9.83. The van der Waals surface area contributed by atoms with E-state index in [-0.39, 0.29) is 28.5 Å². The van der Waals surface area contributed by atoms with Gasteiger partial charge in [0.25, 0.3) is 0 Å². The van der Waals surface area contributed by atoms with E-state index in [2.05, 4.69) is 114 Å². The summed E-state index contributed by atoms with van der Waals surface area (Å²) in [6.07, 6.45) is 7.32. The molecule has 0 aliphatic carbocycles. The second kappa shape index (κ2) is 17.8. The highest BCUT2D eigenvalue weighted by Gasteiger charge is 2.18. The number of nitrogens with two attached hydrogens (primary N) is 3. The van der Waals surface area contributed by atoms with Gasteiger partial charge < -0.3 is 27.5 Å². The lowest BCUT2D eigenvalue weighted by molar-refractivity contribution is 0.562. The van der Waals surface area contributed by atoms with Crippen molar-refractivity contribution in [2.75, 3.05) is 13.1 Å². The van der Waals surface area contributed by atoms with Crippen molar-refractivity contribution in [2.24, 2.45) is 28.1 Å². The molecule has 2 atom stereocenters. The van der Waals surface area contributed by atoms with E-state index in [9.17, 15) is 4.79 Å². The van der Waals surface area contributed by atoms with Crippen molar-refractivity contribution in [3.63, 3.8) is 0 Å². The molecule has 0 fully saturated rings. The van der Waals surface area contributed by atoms with Crippen LogP contribution in [0, 0.1) is 5.92 Å². The largest absolute Gasteiger partial charge is 0.370 e. The van der Waals surface area contributed by atoms with Gasteiger partial charge in [0.05, 0.1) is 5.69 Å². The molecule has 8 N–H and O–H groups in total. The molecule has 2 aromatic heterocycles. The molecule has 274 valence electrons. The predicted octanol–water partition coefficient (Wildman–Crippen LogP) is 7.18. The maximum atomic E-state index is 12.6. The van der Waals surface area contributed by atoms with Crippen LogP contribution in [-0.2, 0) is 23.7 Å². The number of aryl methyl sites for hydroxylation is 1. The third-order valence-electron chi connectivity index (χ3n) is 8.75. The number of guanidine groups is 1. The minimum atomic E-state index is -0.302. The first-order valence-electron chi connectivity index (χ1n) is 18.2. The SMILES string of the molecule is CC(C)Cc1cc(CCC[C@H](C)N)cc(C(C)(C)C)c1.C[C@H](NCCCN=C(N)N)c1ccc(-n2cc3cc(C(C)(C)C)[nH]c3nc2=O)cc1. The smallest absolute Gasteiger partial charge is 0.354 e. The summed E-state index contributed by atoms with van der Waals surface area (Å²) >= 11 is 0. The van der Waals surface area contributed by atoms with Crippen molar-refractivity contribution < 1.29 is 0 Å². The fraction of sp³-hybridized carbons (Fsp3) is 0.537. The summed E-state index contributed by atoms with van der Waals surface area (Å²) in [6, 6.07) is 17.7. The molecule has 0 aliphatic rings. The number of rotatable bonds is 13. The fourth-order valence-electron chi connectivity index (χ4n) is 5.79. The lowest BCUT2D eigenvalue weighted by Crippen LogP contribution is -2.24. The third kappa shape index (κ3) is 12.7. The number of benzene rings is 2. The first-order valence-corrected chi connectivity index (χ1v) is 18.2. The number of hydrogen-bond acceptors (Lipinski definition) is 5. The number of hydrogen-bond donors (Lipinski definition) is 5. The molecule has 9 nitrogen and oxygen atoms in total. The summed E-state index contributed by atoms with van der Waals surface area (Å²) in [5.41, 5.74) is 24.4. The predicted molar refractivity (Wildman–Crippen MR) is 212 cm³/mol. The molecule has 0 radical (unpaired) electrons. The Hall–Kier alpha value is -3.95. The first-order chi connectivity index (χ1) is 23.3. The molecule has 0 saturated carbocycles. The van der Waals surface area contributed by atoms with E-state index in [1.54, 1.807) is 4.57 Å². The average Bonchev–Trinajstić information content (AvgIpc) is 3.43. The molecule has 0 spiro atoms. The molecule has 0 amide bonds. The number of nitrogens with one attached hydrogen (secondary N) is 2. The van der Waals surface area contributed by atoms with E-state index in [4.69, 9.17) is 17.2 Å². The second-order valence-corrected chi connectivity index (χ2v) is 16.3. The Balaban J connectivity index is 0.000000295. The normalized spacial score (nSPS) is 13.2. The van der Waals surface area contributed by atoms with Crippen molar-refractivity contribution in [2.45, 2.75) is 124 Å². The molecule has 4 aromatic rings. The summed E-state index contributed by atoms with van der Waals surface area (Å²) in [4.78, 5) is 24.0. The van der Waals surface area contributed by atoms with Gasteiger partial charge >= 0.3 is 5.69 Å². The van der Waals surface area contributed by atoms with Crippen molar-refractivity contribution in [3.8, 4) is 5.69 Å². The Morgan fingerprint density at radius 1 is 0.920 bits per heavy atom. The standard InChI is InChI=1S/C22H31N7O.C19H33N/c1-14(25-10-5-11-26-20(23)24)15-6-8-17(9-7-15)29-13-16-12-18(22(2,3)4)27-19(16)28-21(29)30;1-14(2)10-17-11-16(9-7-8-15(3)20)12-18(13-17)19(4,5)6/h6-9,12-14,25H,5,10-11H2,1-4H3,(H4,23,24,26)(H,27,28,30);11-15H,7-10,20H2,1-6H3/t14-;15-/m00/s1. The van der Waals surface area contributed by atoms with Gasteiger partial charge in [-0.1, -0.05) is 85.7 Å². The highest BCUT2D eigenvalue weighted by Crippen LogP contribution is 2.27. The zero-order chi connectivity index (χ0) is 37.2. The highest BCUT2D eigenvalue weighted by molar-refractivity contribution is 5.76. The quantitative estimate of drug-likeness (QED) is 0.0572. The summed E-state index contributed by atoms with van der Waals surface area (Å²) in [7, 11) is 0. The molecule has 2 aromatic carbocycles. The number of fused-ring (bicyclic) bond motifs is 1. The molecule has 50 heavy (non-hydrogen) atoms. The Labute approximate surface area is 300 Å². The Bertz CT molecular complexity index is 1730. The van der Waals surface area contributed by atoms with Crippen molar-refractivity contribution in [1.82, 2.24) is 19.9 Å². The number of aromatic amines is 1. The summed E-state index contributed by atoms with van der Waals surface area (Å²) < 4.78 is 1.58. The number of aliphatic imine (C=N–C) groups is 1. The molecular weight excluding hydrogens is 621 g/mol. The van der Waals surface area contributed by atoms with E-state index in [0.29, 0.717) is 24.2 Å². The monoisotopic (exact) mass is 685 g/mol. The summed E-state index contributed by atoms with van der Waals surface area (Å²) in [5, 5.41) is 4.36. The van der Waals surface area contributed by atoms with Crippen LogP contribution < -0.4 is 28.2 Å². The van der Waals surface area contributed by atoms with E-state index >= 15 is 0 Å². The lowest BCUT2D eigenvalue weighted by Gasteiger charge is -2.22. The number of aromatic nitrogens is 3. The van der Waals surface area contributed by atoms with Crippen LogP contribution in [0.5, 0.6) is 0 Å². The van der Waals surface area contributed by atoms with E-state index < -0.39 is 0 Å². The van der Waals surface area contributed by atoms with Crippen molar-refractivity contribution in [1.29, 1.82) is 0 Å². The van der Waals surface area contributed by atoms with Gasteiger partial charge in [0, 0.05) is 41.3 Å². The minimum absolute atomic E-state index is 0.0390. The van der Waals surface area contributed by atoms with Gasteiger partial charge in [0.1, 0.15) is 5.65 Å². The van der Waals surface area contributed by atoms with Crippen LogP contribution in [0.4, 0.5) is 0 Å². The van der Waals surface area contributed by atoms with E-state index in [0.717, 1.165) is 48.1 Å². The Kier molecular flexibility index (Phi) is 14.4. The highest BCUT2D eigenvalue weighted by atomic mass is 16.1. The van der Waals surface area contributed by atoms with Gasteiger partial charge in [-0.15, -0.1) is 0 Å². The molecule has 0 aliphatic heterocycles. The van der Waals surface area contributed by atoms with Gasteiger partial charge in [-0.2, -0.15) is 4.98 Å². The second-order valence-electron chi connectivity index (χ2n) is 16.3. The Morgan fingerprint density at radius 2 is 1.58 bits per heavy atom. The van der Waals surface area contributed by atoms with Crippen LogP contribution in [-0.4, -0.2) is 39.6 Å². The minimum Gasteiger partial charge on any atom is -0.370 e. The molecule has 9 heteroatoms. The first kappa shape index (κ1) is 40.5. The third-order valence-corrected chi connectivity index (χ3v) is 8.75. The zero-order valence-electron chi connectivity index (χ0n) is 32.4. The van der Waals surface area contributed by atoms with E-state index in [1.165, 1.54) is 29.5 Å². The zero-order valence-corrected chi connectivity index (χ0v) is 32.4. The van der Waals surface area contributed by atoms with Gasteiger partial charge in [-0.3, -0.25) is 9.56 Å². The summed E-state index contributed by atoms with van der Waals surface area (Å²) in [5.74, 6) is 0.831. The Morgan fingerprint density at radius 3 is 2.16 bits per heavy atom. The maximum Gasteiger partial charge on any atom is 0.354 e. The molecule has 0 saturated heterocycles. The average molecular weight is 685 g/mol. The van der Waals surface area contributed by atoms with Crippen LogP contribution in [0.15, 0.2) is 64.5 Å². The summed E-state index contributed by atoms with van der Waals surface area (Å²) in [6.45, 7) is 23.5. The van der Waals surface area contributed by atoms with Crippen molar-refractivity contribution >= 4 is 17.0 Å². The maximum absolute atomic E-state index is 12.6. The van der Waals surface area contributed by atoms with Gasteiger partial charge in [-0.25, -0.2) is 4.79 Å². The fourth-order valence-corrected chi connectivity index (χ4v) is 5.79. The van der Waals surface area contributed by atoms with Crippen molar-refractivity contribution in [3.05, 3.63) is 93.2 Å². The topological polar surface area (TPSA) is 153 Å². The molecule has 0 bridgehead atoms. The number of H-pyrrole nitrogens is 1. The van der Waals surface area contributed by atoms with Crippen LogP contribution in [0.2, 0.25) is 0 Å².